The molecule has 0 N–H and O–H groups in total. The van der Waals surface area contributed by atoms with Gasteiger partial charge in [-0.1, -0.05) is 12.2 Å². The van der Waals surface area contributed by atoms with Crippen molar-refractivity contribution in [2.75, 3.05) is 6.54 Å². The third-order valence-electron chi connectivity index (χ3n) is 2.17. The topological polar surface area (TPSA) is 12.4 Å². The second-order valence-electron chi connectivity index (χ2n) is 2.94. The Labute approximate surface area is 56.5 Å². The maximum Gasteiger partial charge on any atom is 0.0475 e. The van der Waals surface area contributed by atoms with Crippen LogP contribution in [0.1, 0.15) is 19.8 Å². The lowest BCUT2D eigenvalue weighted by molar-refractivity contribution is 0.628. The lowest BCUT2D eigenvalue weighted by Gasteiger charge is -2.09. The zero-order valence-electron chi connectivity index (χ0n) is 5.98. The van der Waals surface area contributed by atoms with E-state index in [1.54, 1.807) is 0 Å². The quantitative estimate of drug-likeness (QED) is 0.402. The largest absolute Gasteiger partial charge is 0.300 e. The molecule has 0 spiro atoms. The summed E-state index contributed by atoms with van der Waals surface area (Å²) < 4.78 is 0. The Kier molecular flexibility index (Phi) is 1.43. The first-order chi connectivity index (χ1) is 4.21. The monoisotopic (exact) mass is 123 g/mol. The van der Waals surface area contributed by atoms with Crippen LogP contribution in [-0.2, 0) is 0 Å². The summed E-state index contributed by atoms with van der Waals surface area (Å²) in [6, 6.07) is 0. The highest BCUT2D eigenvalue weighted by atomic mass is 14.7. The van der Waals surface area contributed by atoms with Crippen LogP contribution in [0.25, 0.3) is 0 Å². The fraction of sp³-hybridized carbons (Fsp3) is 0.625. The molecule has 1 fully saturated rings. The molecule has 9 heavy (non-hydrogen) atoms. The first-order valence-corrected chi connectivity index (χ1v) is 3.30. The number of hydrogen-bond donors (Lipinski definition) is 0. The Bertz CT molecular complexity index is 143. The summed E-state index contributed by atoms with van der Waals surface area (Å²) in [7, 11) is 0. The summed E-state index contributed by atoms with van der Waals surface area (Å²) in [5.41, 5.74) is 1.65. The molecule has 50 valence electrons. The fourth-order valence-corrected chi connectivity index (χ4v) is 1.08. The van der Waals surface area contributed by atoms with E-state index >= 15 is 0 Å². The van der Waals surface area contributed by atoms with Crippen molar-refractivity contribution in [3.63, 3.8) is 0 Å². The van der Waals surface area contributed by atoms with Crippen molar-refractivity contribution < 1.29 is 0 Å². The zero-order valence-corrected chi connectivity index (χ0v) is 5.98. The van der Waals surface area contributed by atoms with Gasteiger partial charge in [0.1, 0.15) is 0 Å². The molecule has 1 nitrogen and oxygen atoms in total. The molecule has 0 saturated heterocycles. The molecule has 1 aliphatic carbocycles. The molecule has 0 heterocycles. The zero-order chi connectivity index (χ0) is 6.91. The van der Waals surface area contributed by atoms with Crippen LogP contribution in [0.15, 0.2) is 17.1 Å². The summed E-state index contributed by atoms with van der Waals surface area (Å²) >= 11 is 0. The van der Waals surface area contributed by atoms with Gasteiger partial charge in [-0.15, -0.1) is 0 Å². The minimum absolute atomic E-state index is 0.377. The first-order valence-electron chi connectivity index (χ1n) is 3.30. The predicted octanol–water partition coefficient (Wildman–Crippen LogP) is 2.04. The first kappa shape index (κ1) is 6.53. The number of aliphatic imine (C=N–C) groups is 1. The molecule has 0 amide bonds. The molecular weight excluding hydrogens is 110 g/mol. The average Bonchev–Trinajstić information content (AvgIpc) is 2.49. The van der Waals surface area contributed by atoms with Crippen LogP contribution in [0.3, 0.4) is 0 Å². The highest BCUT2D eigenvalue weighted by molar-refractivity contribution is 5.26. The molecule has 0 aromatic rings. The molecular formula is C8H13N. The van der Waals surface area contributed by atoms with E-state index < -0.39 is 0 Å². The van der Waals surface area contributed by atoms with Crippen molar-refractivity contribution in [1.29, 1.82) is 0 Å². The van der Waals surface area contributed by atoms with Gasteiger partial charge in [-0.2, -0.15) is 0 Å². The number of hydrogen-bond acceptors (Lipinski definition) is 1. The third kappa shape index (κ3) is 1.04. The Morgan fingerprint density at radius 3 is 2.33 bits per heavy atom. The lowest BCUT2D eigenvalue weighted by Crippen LogP contribution is -2.04. The second kappa shape index (κ2) is 1.98. The van der Waals surface area contributed by atoms with Crippen LogP contribution < -0.4 is 0 Å². The minimum atomic E-state index is 0.377. The fourth-order valence-electron chi connectivity index (χ4n) is 1.08. The maximum absolute atomic E-state index is 3.92. The van der Waals surface area contributed by atoms with Gasteiger partial charge in [-0.25, -0.2) is 0 Å². The van der Waals surface area contributed by atoms with E-state index in [0.717, 1.165) is 6.54 Å². The van der Waals surface area contributed by atoms with E-state index in [1.165, 1.54) is 18.4 Å². The highest BCUT2D eigenvalue weighted by Gasteiger charge is 2.42. The average molecular weight is 123 g/mol. The van der Waals surface area contributed by atoms with E-state index in [9.17, 15) is 0 Å². The summed E-state index contributed by atoms with van der Waals surface area (Å²) in [4.78, 5) is 3.88. The molecule has 0 aromatic carbocycles. The van der Waals surface area contributed by atoms with Gasteiger partial charge >= 0.3 is 0 Å². The van der Waals surface area contributed by atoms with Crippen LogP contribution in [0.5, 0.6) is 0 Å². The molecule has 1 aliphatic rings. The summed E-state index contributed by atoms with van der Waals surface area (Å²) in [6.45, 7) is 10.4. The molecule has 0 unspecified atom stereocenters. The van der Waals surface area contributed by atoms with Crippen molar-refractivity contribution in [2.45, 2.75) is 19.8 Å². The smallest absolute Gasteiger partial charge is 0.0475 e. The van der Waals surface area contributed by atoms with Crippen molar-refractivity contribution in [1.82, 2.24) is 0 Å². The van der Waals surface area contributed by atoms with Crippen LogP contribution in [0.4, 0.5) is 0 Å². The van der Waals surface area contributed by atoms with Crippen molar-refractivity contribution in [3.8, 4) is 0 Å². The van der Waals surface area contributed by atoms with Gasteiger partial charge < -0.3 is 4.99 Å². The Morgan fingerprint density at radius 1 is 1.67 bits per heavy atom. The summed E-state index contributed by atoms with van der Waals surface area (Å²) in [5, 5.41) is 0. The normalized spacial score (nSPS) is 21.0. The van der Waals surface area contributed by atoms with E-state index in [0.29, 0.717) is 5.41 Å². The van der Waals surface area contributed by atoms with Gasteiger partial charge in [0, 0.05) is 12.0 Å². The maximum atomic E-state index is 3.92. The SMILES string of the molecule is C=NCC1(C(=C)C)CC1. The summed E-state index contributed by atoms with van der Waals surface area (Å²) in [6.07, 6.45) is 2.53. The Hall–Kier alpha value is -0.590. The van der Waals surface area contributed by atoms with Crippen LogP contribution in [-0.4, -0.2) is 13.3 Å². The molecule has 0 atom stereocenters. The number of nitrogens with zero attached hydrogens (tertiary/aromatic N) is 1. The van der Waals surface area contributed by atoms with Gasteiger partial charge in [-0.3, -0.25) is 0 Å². The molecule has 1 heteroatoms. The second-order valence-corrected chi connectivity index (χ2v) is 2.94. The van der Waals surface area contributed by atoms with Crippen LogP contribution >= 0.6 is 0 Å². The van der Waals surface area contributed by atoms with Crippen LogP contribution in [0.2, 0.25) is 0 Å². The Morgan fingerprint density at radius 2 is 2.22 bits per heavy atom. The minimum Gasteiger partial charge on any atom is -0.300 e. The third-order valence-corrected chi connectivity index (χ3v) is 2.17. The van der Waals surface area contributed by atoms with Gasteiger partial charge in [0.25, 0.3) is 0 Å². The molecule has 1 rings (SSSR count). The molecule has 0 radical (unpaired) electrons. The molecule has 0 bridgehead atoms. The molecule has 1 saturated carbocycles. The van der Waals surface area contributed by atoms with Gasteiger partial charge in [0.15, 0.2) is 0 Å². The molecule has 0 aromatic heterocycles. The molecule has 0 aliphatic heterocycles. The van der Waals surface area contributed by atoms with E-state index in [1.807, 2.05) is 0 Å². The predicted molar refractivity (Wildman–Crippen MR) is 40.9 cm³/mol. The standard InChI is InChI=1S/C8H13N/c1-7(2)8(4-5-8)6-9-3/h1,3-6H2,2H3. The summed E-state index contributed by atoms with van der Waals surface area (Å²) in [5.74, 6) is 0. The van der Waals surface area contributed by atoms with Gasteiger partial charge in [0.05, 0.1) is 0 Å². The van der Waals surface area contributed by atoms with E-state index in [-0.39, 0.29) is 0 Å². The van der Waals surface area contributed by atoms with Crippen molar-refractivity contribution >= 4 is 6.72 Å². The van der Waals surface area contributed by atoms with Gasteiger partial charge in [0.2, 0.25) is 0 Å². The number of rotatable bonds is 3. The van der Waals surface area contributed by atoms with E-state index in [4.69, 9.17) is 0 Å². The van der Waals surface area contributed by atoms with Gasteiger partial charge in [-0.05, 0) is 26.5 Å². The lowest BCUT2D eigenvalue weighted by atomic mass is 9.99. The van der Waals surface area contributed by atoms with E-state index in [2.05, 4.69) is 25.2 Å². The Balaban J connectivity index is 2.52. The van der Waals surface area contributed by atoms with Crippen LogP contribution in [0, 0.1) is 5.41 Å². The van der Waals surface area contributed by atoms with Crippen molar-refractivity contribution in [3.05, 3.63) is 12.2 Å². The highest BCUT2D eigenvalue weighted by Crippen LogP contribution is 2.51. The van der Waals surface area contributed by atoms with Crippen molar-refractivity contribution in [2.24, 2.45) is 10.4 Å².